The van der Waals surface area contributed by atoms with Crippen LogP contribution in [0.25, 0.3) is 11.0 Å². The molecule has 1 saturated carbocycles. The maximum absolute atomic E-state index is 9.67. The standard InChI is InChI=1S/C22H22N2O2/c1-25-20-9-8-16(11-18(13-23)17-7-4-10-24-14-17)19-12-21(26-22(19)20)15-5-2-3-6-15/h4,7-10,12,14-15,18H,2-3,5-6,11H2,1H3. The van der Waals surface area contributed by atoms with Crippen LogP contribution in [0, 0.1) is 11.3 Å². The van der Waals surface area contributed by atoms with Crippen LogP contribution in [0.1, 0.15) is 54.4 Å². The van der Waals surface area contributed by atoms with E-state index in [1.165, 1.54) is 25.7 Å². The van der Waals surface area contributed by atoms with Crippen molar-refractivity contribution in [3.05, 3.63) is 59.6 Å². The highest BCUT2D eigenvalue weighted by Gasteiger charge is 2.23. The molecule has 0 bridgehead atoms. The van der Waals surface area contributed by atoms with Gasteiger partial charge in [0.15, 0.2) is 11.3 Å². The molecular formula is C22H22N2O2. The average Bonchev–Trinajstić information content (AvgIpc) is 3.36. The first-order chi connectivity index (χ1) is 12.8. The fourth-order valence-corrected chi connectivity index (χ4v) is 3.96. The van der Waals surface area contributed by atoms with Crippen molar-refractivity contribution >= 4 is 11.0 Å². The third kappa shape index (κ3) is 3.06. The van der Waals surface area contributed by atoms with Crippen molar-refractivity contribution in [1.29, 1.82) is 5.26 Å². The highest BCUT2D eigenvalue weighted by atomic mass is 16.5. The lowest BCUT2D eigenvalue weighted by atomic mass is 9.92. The van der Waals surface area contributed by atoms with Crippen molar-refractivity contribution in [1.82, 2.24) is 4.98 Å². The molecule has 0 amide bonds. The van der Waals surface area contributed by atoms with Crippen molar-refractivity contribution in [2.45, 2.75) is 43.9 Å². The molecule has 1 aromatic carbocycles. The van der Waals surface area contributed by atoms with Crippen molar-refractivity contribution in [3.63, 3.8) is 0 Å². The van der Waals surface area contributed by atoms with Gasteiger partial charge in [-0.3, -0.25) is 4.98 Å². The Morgan fingerprint density at radius 3 is 2.85 bits per heavy atom. The molecule has 0 N–H and O–H groups in total. The van der Waals surface area contributed by atoms with Crippen molar-refractivity contribution in [2.24, 2.45) is 0 Å². The second kappa shape index (κ2) is 7.21. The van der Waals surface area contributed by atoms with Crippen LogP contribution >= 0.6 is 0 Å². The summed E-state index contributed by atoms with van der Waals surface area (Å²) >= 11 is 0. The maximum atomic E-state index is 9.67. The summed E-state index contributed by atoms with van der Waals surface area (Å²) in [6, 6.07) is 12.4. The molecule has 1 atom stereocenters. The number of methoxy groups -OCH3 is 1. The van der Waals surface area contributed by atoms with Gasteiger partial charge in [-0.25, -0.2) is 0 Å². The normalized spacial score (nSPS) is 15.8. The quantitative estimate of drug-likeness (QED) is 0.625. The molecule has 26 heavy (non-hydrogen) atoms. The minimum Gasteiger partial charge on any atom is -0.493 e. The first kappa shape index (κ1) is 16.7. The van der Waals surface area contributed by atoms with E-state index in [4.69, 9.17) is 9.15 Å². The number of hydrogen-bond donors (Lipinski definition) is 0. The van der Waals surface area contributed by atoms with Crippen LogP contribution in [0.15, 0.2) is 47.1 Å². The maximum Gasteiger partial charge on any atom is 0.176 e. The Hall–Kier alpha value is -2.80. The Bertz CT molecular complexity index is 934. The molecule has 0 aliphatic heterocycles. The Kier molecular flexibility index (Phi) is 4.62. The molecule has 1 aliphatic carbocycles. The fraction of sp³-hybridized carbons (Fsp3) is 0.364. The van der Waals surface area contributed by atoms with Gasteiger partial charge in [-0.2, -0.15) is 5.26 Å². The third-order valence-electron chi connectivity index (χ3n) is 5.40. The smallest absolute Gasteiger partial charge is 0.176 e. The fourth-order valence-electron chi connectivity index (χ4n) is 3.96. The predicted octanol–water partition coefficient (Wildman–Crippen LogP) is 5.34. The van der Waals surface area contributed by atoms with Gasteiger partial charge in [0.1, 0.15) is 5.76 Å². The van der Waals surface area contributed by atoms with Crippen molar-refractivity contribution < 1.29 is 9.15 Å². The molecule has 3 aromatic rings. The molecule has 0 radical (unpaired) electrons. The van der Waals surface area contributed by atoms with Crippen LogP contribution in [-0.2, 0) is 6.42 Å². The highest BCUT2D eigenvalue weighted by Crippen LogP contribution is 2.40. The van der Waals surface area contributed by atoms with Gasteiger partial charge in [0.05, 0.1) is 19.1 Å². The molecule has 0 saturated heterocycles. The highest BCUT2D eigenvalue weighted by molar-refractivity contribution is 5.87. The van der Waals surface area contributed by atoms with Crippen molar-refractivity contribution in [3.8, 4) is 11.8 Å². The Morgan fingerprint density at radius 1 is 1.31 bits per heavy atom. The molecule has 1 unspecified atom stereocenters. The Morgan fingerprint density at radius 2 is 2.15 bits per heavy atom. The van der Waals surface area contributed by atoms with Gasteiger partial charge in [-0.1, -0.05) is 25.0 Å². The number of ether oxygens (including phenoxy) is 1. The van der Waals surface area contributed by atoms with E-state index in [9.17, 15) is 5.26 Å². The monoisotopic (exact) mass is 346 g/mol. The first-order valence-electron chi connectivity index (χ1n) is 9.19. The van der Waals surface area contributed by atoms with E-state index < -0.39 is 0 Å². The molecule has 1 aliphatic rings. The molecule has 2 heterocycles. The van der Waals surface area contributed by atoms with Gasteiger partial charge >= 0.3 is 0 Å². The number of furan rings is 1. The minimum absolute atomic E-state index is 0.231. The summed E-state index contributed by atoms with van der Waals surface area (Å²) < 4.78 is 11.7. The molecular weight excluding hydrogens is 324 g/mol. The SMILES string of the molecule is COc1ccc(CC(C#N)c2cccnc2)c2cc(C3CCCC3)oc12. The predicted molar refractivity (Wildman–Crippen MR) is 100 cm³/mol. The number of pyridine rings is 1. The molecule has 4 nitrogen and oxygen atoms in total. The van der Waals surface area contributed by atoms with Crippen molar-refractivity contribution in [2.75, 3.05) is 7.11 Å². The molecule has 132 valence electrons. The number of fused-ring (bicyclic) bond motifs is 1. The van der Waals surface area contributed by atoms with Crippen LogP contribution in [-0.4, -0.2) is 12.1 Å². The molecule has 4 rings (SSSR count). The summed E-state index contributed by atoms with van der Waals surface area (Å²) in [5.74, 6) is 2.08. The van der Waals surface area contributed by atoms with E-state index >= 15 is 0 Å². The topological polar surface area (TPSA) is 59.0 Å². The number of nitrogens with zero attached hydrogens (tertiary/aromatic N) is 2. The number of rotatable bonds is 5. The van der Waals surface area contributed by atoms with Gasteiger partial charge in [0.25, 0.3) is 0 Å². The largest absolute Gasteiger partial charge is 0.493 e. The van der Waals surface area contributed by atoms with E-state index in [1.807, 2.05) is 18.2 Å². The summed E-state index contributed by atoms with van der Waals surface area (Å²) in [7, 11) is 1.67. The van der Waals surface area contributed by atoms with E-state index in [0.717, 1.165) is 33.6 Å². The third-order valence-corrected chi connectivity index (χ3v) is 5.40. The van der Waals surface area contributed by atoms with Gasteiger partial charge < -0.3 is 9.15 Å². The van der Waals surface area contributed by atoms with Gasteiger partial charge in [-0.15, -0.1) is 0 Å². The zero-order valence-corrected chi connectivity index (χ0v) is 14.9. The lowest BCUT2D eigenvalue weighted by Crippen LogP contribution is -2.01. The van der Waals surface area contributed by atoms with E-state index in [-0.39, 0.29) is 5.92 Å². The minimum atomic E-state index is -0.231. The summed E-state index contributed by atoms with van der Waals surface area (Å²) in [6.07, 6.45) is 9.04. The van der Waals surface area contributed by atoms with Crippen LogP contribution in [0.4, 0.5) is 0 Å². The Balaban J connectivity index is 1.73. The zero-order valence-electron chi connectivity index (χ0n) is 14.9. The lowest BCUT2D eigenvalue weighted by molar-refractivity contribution is 0.404. The zero-order chi connectivity index (χ0) is 17.9. The second-order valence-electron chi connectivity index (χ2n) is 6.97. The molecule has 0 spiro atoms. The number of benzene rings is 1. The molecule has 1 fully saturated rings. The summed E-state index contributed by atoms with van der Waals surface area (Å²) in [6.45, 7) is 0. The molecule has 2 aromatic heterocycles. The second-order valence-corrected chi connectivity index (χ2v) is 6.97. The number of hydrogen-bond acceptors (Lipinski definition) is 4. The summed E-state index contributed by atoms with van der Waals surface area (Å²) in [4.78, 5) is 4.15. The molecule has 4 heteroatoms. The van der Waals surface area contributed by atoms with E-state index in [1.54, 1.807) is 19.5 Å². The lowest BCUT2D eigenvalue weighted by Gasteiger charge is -2.11. The van der Waals surface area contributed by atoms with Crippen LogP contribution in [0.5, 0.6) is 5.75 Å². The Labute approximate surface area is 153 Å². The summed E-state index contributed by atoms with van der Waals surface area (Å²) in [5, 5.41) is 10.7. The average molecular weight is 346 g/mol. The van der Waals surface area contributed by atoms with Crippen LogP contribution in [0.3, 0.4) is 0 Å². The van der Waals surface area contributed by atoms with Gasteiger partial charge in [-0.05, 0) is 48.6 Å². The first-order valence-corrected chi connectivity index (χ1v) is 9.19. The van der Waals surface area contributed by atoms with Crippen LogP contribution in [0.2, 0.25) is 0 Å². The number of nitriles is 1. The van der Waals surface area contributed by atoms with Gasteiger partial charge in [0.2, 0.25) is 0 Å². The number of aromatic nitrogens is 1. The van der Waals surface area contributed by atoms with Crippen LogP contribution < -0.4 is 4.74 Å². The summed E-state index contributed by atoms with van der Waals surface area (Å²) in [5.41, 5.74) is 2.86. The van der Waals surface area contributed by atoms with Gasteiger partial charge in [0, 0.05) is 23.7 Å². The van der Waals surface area contributed by atoms with E-state index in [2.05, 4.69) is 23.2 Å². The van der Waals surface area contributed by atoms with E-state index in [0.29, 0.717) is 12.3 Å².